The lowest BCUT2D eigenvalue weighted by atomic mass is 9.84. The molecule has 1 aromatic heterocycles. The molecule has 0 bridgehead atoms. The molecule has 2 aliphatic heterocycles. The number of aryl methyl sites for hydroxylation is 2. The van der Waals surface area contributed by atoms with E-state index in [2.05, 4.69) is 4.98 Å². The Morgan fingerprint density at radius 1 is 1.17 bits per heavy atom. The summed E-state index contributed by atoms with van der Waals surface area (Å²) in [6, 6.07) is 9.14. The van der Waals surface area contributed by atoms with Gasteiger partial charge < -0.3 is 9.64 Å². The van der Waals surface area contributed by atoms with Crippen LogP contribution in [-0.2, 0) is 11.3 Å². The second-order valence-corrected chi connectivity index (χ2v) is 8.02. The number of amides is 1. The topological polar surface area (TPSA) is 81.5 Å². The zero-order valence-electron chi connectivity index (χ0n) is 16.8. The number of likely N-dealkylation sites (tertiary alicyclic amines) is 1. The Labute approximate surface area is 169 Å². The van der Waals surface area contributed by atoms with Gasteiger partial charge in [0.25, 0.3) is 0 Å². The van der Waals surface area contributed by atoms with Crippen LogP contribution in [0.5, 0.6) is 5.75 Å². The molecule has 0 aliphatic carbocycles. The zero-order valence-corrected chi connectivity index (χ0v) is 16.8. The molecule has 4 rings (SSSR count). The van der Waals surface area contributed by atoms with Crippen LogP contribution in [0.1, 0.15) is 47.4 Å². The number of hydrogen-bond donors (Lipinski definition) is 0. The Bertz CT molecular complexity index is 1030. The summed E-state index contributed by atoms with van der Waals surface area (Å²) in [6.07, 6.45) is 2.41. The predicted molar refractivity (Wildman–Crippen MR) is 107 cm³/mol. The largest absolute Gasteiger partial charge is 0.486 e. The van der Waals surface area contributed by atoms with E-state index in [0.29, 0.717) is 42.9 Å². The van der Waals surface area contributed by atoms with Crippen molar-refractivity contribution in [3.8, 4) is 5.75 Å². The van der Waals surface area contributed by atoms with E-state index >= 15 is 0 Å². The predicted octanol–water partition coefficient (Wildman–Crippen LogP) is 2.28. The van der Waals surface area contributed by atoms with Crippen molar-refractivity contribution < 1.29 is 14.3 Å². The number of para-hydroxylation sites is 1. The fraction of sp³-hybridized carbons (Fsp3) is 0.455. The summed E-state index contributed by atoms with van der Waals surface area (Å²) < 4.78 is 7.69. The van der Waals surface area contributed by atoms with Crippen LogP contribution >= 0.6 is 0 Å². The summed E-state index contributed by atoms with van der Waals surface area (Å²) in [5, 5.41) is 0. The van der Waals surface area contributed by atoms with Crippen LogP contribution in [0.25, 0.3) is 0 Å². The van der Waals surface area contributed by atoms with Crippen molar-refractivity contribution in [2.45, 2.75) is 51.7 Å². The zero-order chi connectivity index (χ0) is 20.6. The van der Waals surface area contributed by atoms with E-state index < -0.39 is 11.3 Å². The molecule has 3 heterocycles. The summed E-state index contributed by atoms with van der Waals surface area (Å²) in [4.78, 5) is 43.4. The van der Waals surface area contributed by atoms with Gasteiger partial charge in [-0.15, -0.1) is 0 Å². The van der Waals surface area contributed by atoms with E-state index in [1.807, 2.05) is 18.2 Å². The molecule has 1 aromatic carbocycles. The van der Waals surface area contributed by atoms with Gasteiger partial charge in [-0.2, -0.15) is 4.98 Å². The Kier molecular flexibility index (Phi) is 4.98. The van der Waals surface area contributed by atoms with Gasteiger partial charge >= 0.3 is 5.69 Å². The van der Waals surface area contributed by atoms with Crippen molar-refractivity contribution >= 4 is 11.7 Å². The molecule has 0 saturated carbocycles. The average Bonchev–Trinajstić information content (AvgIpc) is 2.87. The summed E-state index contributed by atoms with van der Waals surface area (Å²) >= 11 is 0. The fourth-order valence-corrected chi connectivity index (χ4v) is 4.34. The molecule has 1 saturated heterocycles. The fourth-order valence-electron chi connectivity index (χ4n) is 4.34. The van der Waals surface area contributed by atoms with Crippen LogP contribution in [0.15, 0.2) is 35.1 Å². The van der Waals surface area contributed by atoms with E-state index in [1.165, 1.54) is 4.57 Å². The van der Waals surface area contributed by atoms with Crippen molar-refractivity contribution in [1.82, 2.24) is 14.5 Å². The number of carbonyl (C=O) groups is 2. The number of hydrogen-bond acceptors (Lipinski definition) is 5. The van der Waals surface area contributed by atoms with Crippen molar-refractivity contribution in [3.05, 3.63) is 57.8 Å². The molecule has 1 spiro atoms. The van der Waals surface area contributed by atoms with Crippen LogP contribution in [0.2, 0.25) is 0 Å². The minimum atomic E-state index is -0.557. The lowest BCUT2D eigenvalue weighted by Gasteiger charge is -2.37. The van der Waals surface area contributed by atoms with Crippen LogP contribution < -0.4 is 10.4 Å². The van der Waals surface area contributed by atoms with E-state index in [-0.39, 0.29) is 18.2 Å². The Morgan fingerprint density at radius 3 is 2.76 bits per heavy atom. The number of ketones is 1. The minimum Gasteiger partial charge on any atom is -0.486 e. The Hall–Kier alpha value is -2.96. The highest BCUT2D eigenvalue weighted by molar-refractivity contribution is 6.00. The highest BCUT2D eigenvalue weighted by atomic mass is 16.5. The van der Waals surface area contributed by atoms with Crippen LogP contribution in [0.3, 0.4) is 0 Å². The molecule has 2 aromatic rings. The number of benzene rings is 1. The van der Waals surface area contributed by atoms with E-state index in [0.717, 1.165) is 18.5 Å². The molecule has 0 radical (unpaired) electrons. The number of Topliss-reactive ketones (excluding diaryl/α,β-unsaturated/α-hetero) is 1. The molecule has 152 valence electrons. The van der Waals surface area contributed by atoms with Gasteiger partial charge in [-0.3, -0.25) is 14.2 Å². The van der Waals surface area contributed by atoms with Crippen LogP contribution in [-0.4, -0.2) is 44.8 Å². The first-order valence-corrected chi connectivity index (χ1v) is 10.0. The lowest BCUT2D eigenvalue weighted by molar-refractivity contribution is -0.132. The second-order valence-electron chi connectivity index (χ2n) is 8.02. The third kappa shape index (κ3) is 3.81. The first-order chi connectivity index (χ1) is 13.9. The van der Waals surface area contributed by atoms with E-state index in [1.54, 1.807) is 30.9 Å². The number of aromatic nitrogens is 2. The summed E-state index contributed by atoms with van der Waals surface area (Å²) in [7, 11) is 0. The van der Waals surface area contributed by atoms with Gasteiger partial charge in [-0.25, -0.2) is 4.79 Å². The maximum atomic E-state index is 12.9. The average molecular weight is 395 g/mol. The number of fused-ring (bicyclic) bond motifs is 1. The first-order valence-electron chi connectivity index (χ1n) is 10.0. The van der Waals surface area contributed by atoms with Gasteiger partial charge in [0.1, 0.15) is 17.9 Å². The van der Waals surface area contributed by atoms with Gasteiger partial charge in [0.2, 0.25) is 5.91 Å². The molecule has 29 heavy (non-hydrogen) atoms. The third-order valence-electron chi connectivity index (χ3n) is 5.89. The number of rotatable bonds is 2. The molecule has 0 N–H and O–H groups in total. The quantitative estimate of drug-likeness (QED) is 0.779. The van der Waals surface area contributed by atoms with Gasteiger partial charge in [-0.05, 0) is 44.9 Å². The summed E-state index contributed by atoms with van der Waals surface area (Å²) in [5.41, 5.74) is 1.04. The Morgan fingerprint density at radius 2 is 1.97 bits per heavy atom. The van der Waals surface area contributed by atoms with Gasteiger partial charge in [0, 0.05) is 30.9 Å². The van der Waals surface area contributed by atoms with Crippen LogP contribution in [0.4, 0.5) is 0 Å². The maximum Gasteiger partial charge on any atom is 0.348 e. The third-order valence-corrected chi connectivity index (χ3v) is 5.89. The Balaban J connectivity index is 1.48. The molecule has 1 amide bonds. The number of carbonyl (C=O) groups excluding carboxylic acids is 2. The molecule has 7 heteroatoms. The highest BCUT2D eigenvalue weighted by Gasteiger charge is 2.42. The number of nitrogens with zero attached hydrogens (tertiary/aromatic N) is 3. The van der Waals surface area contributed by atoms with Gasteiger partial charge in [0.15, 0.2) is 5.78 Å². The molecule has 1 unspecified atom stereocenters. The molecular formula is C22H25N3O4. The molecular weight excluding hydrogens is 370 g/mol. The van der Waals surface area contributed by atoms with Crippen molar-refractivity contribution in [2.75, 3.05) is 13.1 Å². The lowest BCUT2D eigenvalue weighted by Crippen LogP contribution is -2.43. The summed E-state index contributed by atoms with van der Waals surface area (Å²) in [5.74, 6) is 0.622. The first kappa shape index (κ1) is 19.4. The molecule has 1 fully saturated rings. The SMILES string of the molecule is Cc1cc(C)n(CC(=O)N2CCCC3(CC2)CC(=O)c2ccccc2O3)c(=O)n1. The maximum absolute atomic E-state index is 12.9. The smallest absolute Gasteiger partial charge is 0.348 e. The normalized spacial score (nSPS) is 21.4. The van der Waals surface area contributed by atoms with Crippen molar-refractivity contribution in [1.29, 1.82) is 0 Å². The van der Waals surface area contributed by atoms with Gasteiger partial charge in [0.05, 0.1) is 12.0 Å². The molecule has 2 aliphatic rings. The van der Waals surface area contributed by atoms with Gasteiger partial charge in [-0.1, -0.05) is 12.1 Å². The number of ether oxygens (including phenoxy) is 1. The minimum absolute atomic E-state index is 0.0203. The molecule has 1 atom stereocenters. The molecule has 7 nitrogen and oxygen atoms in total. The van der Waals surface area contributed by atoms with Crippen LogP contribution in [0, 0.1) is 13.8 Å². The summed E-state index contributed by atoms with van der Waals surface area (Å²) in [6.45, 7) is 4.64. The monoisotopic (exact) mass is 395 g/mol. The van der Waals surface area contributed by atoms with Crippen molar-refractivity contribution in [2.24, 2.45) is 0 Å². The second kappa shape index (κ2) is 7.46. The van der Waals surface area contributed by atoms with Crippen molar-refractivity contribution in [3.63, 3.8) is 0 Å². The van der Waals surface area contributed by atoms with E-state index in [9.17, 15) is 14.4 Å². The highest BCUT2D eigenvalue weighted by Crippen LogP contribution is 2.39. The standard InChI is InChI=1S/C22H25N3O4/c1-15-12-16(2)25(21(28)23-15)14-20(27)24-10-5-8-22(9-11-24)13-18(26)17-6-3-4-7-19(17)29-22/h3-4,6-7,12H,5,8-11,13-14H2,1-2H3. The van der Waals surface area contributed by atoms with E-state index in [4.69, 9.17) is 4.74 Å².